The van der Waals surface area contributed by atoms with Gasteiger partial charge in [-0.25, -0.2) is 0 Å². The highest BCUT2D eigenvalue weighted by atomic mass is 32.1. The Morgan fingerprint density at radius 2 is 1.58 bits per heavy atom. The zero-order valence-corrected chi connectivity index (χ0v) is 21.0. The largest absolute Gasteiger partial charge is 0.497 e. The third-order valence-corrected chi connectivity index (χ3v) is 6.42. The first-order valence-corrected chi connectivity index (χ1v) is 11.6. The molecule has 0 atom stereocenters. The topological polar surface area (TPSA) is 55.4 Å². The fourth-order valence-electron chi connectivity index (χ4n) is 4.12. The minimum Gasteiger partial charge on any atom is -0.497 e. The highest BCUT2D eigenvalue weighted by Gasteiger charge is 2.25. The van der Waals surface area contributed by atoms with E-state index in [9.17, 15) is 0 Å². The highest BCUT2D eigenvalue weighted by Crippen LogP contribution is 2.29. The van der Waals surface area contributed by atoms with Crippen molar-refractivity contribution >= 4 is 23.0 Å². The van der Waals surface area contributed by atoms with E-state index in [2.05, 4.69) is 28.2 Å². The lowest BCUT2D eigenvalue weighted by molar-refractivity contribution is 0.178. The van der Waals surface area contributed by atoms with Crippen molar-refractivity contribution in [3.05, 3.63) is 42.0 Å². The standard InChI is InChI=1S/C25H35N3O4S/c1-27-11-9-20(10-12-27)28(13-8-18-6-7-23(31-4)24(14-18)32-5)25(33)26-19-15-21(29-2)17-22(16-19)30-3/h6-7,14-17,20H,8-13H2,1-5H3,(H,26,33). The van der Waals surface area contributed by atoms with E-state index < -0.39 is 0 Å². The van der Waals surface area contributed by atoms with Crippen LogP contribution < -0.4 is 24.3 Å². The second-order valence-corrected chi connectivity index (χ2v) is 8.59. The number of rotatable bonds is 9. The Bertz CT molecular complexity index is 910. The van der Waals surface area contributed by atoms with Crippen LogP contribution in [0, 0.1) is 0 Å². The van der Waals surface area contributed by atoms with Crippen molar-refractivity contribution in [3.8, 4) is 23.0 Å². The Morgan fingerprint density at radius 3 is 2.15 bits per heavy atom. The van der Waals surface area contributed by atoms with Crippen molar-refractivity contribution in [1.82, 2.24) is 9.80 Å². The second-order valence-electron chi connectivity index (χ2n) is 8.20. The minimum atomic E-state index is 0.383. The van der Waals surface area contributed by atoms with Crippen LogP contribution in [0.2, 0.25) is 0 Å². The molecule has 2 aromatic carbocycles. The van der Waals surface area contributed by atoms with Crippen LogP contribution in [0.1, 0.15) is 18.4 Å². The van der Waals surface area contributed by atoms with E-state index in [1.54, 1.807) is 28.4 Å². The van der Waals surface area contributed by atoms with Gasteiger partial charge in [0.1, 0.15) is 11.5 Å². The summed E-state index contributed by atoms with van der Waals surface area (Å²) < 4.78 is 21.7. The molecule has 0 saturated carbocycles. The molecule has 0 unspecified atom stereocenters. The van der Waals surface area contributed by atoms with E-state index in [-0.39, 0.29) is 0 Å². The number of nitrogens with one attached hydrogen (secondary N) is 1. The number of benzene rings is 2. The van der Waals surface area contributed by atoms with Crippen molar-refractivity contribution in [2.75, 3.05) is 60.4 Å². The molecule has 1 heterocycles. The Labute approximate surface area is 202 Å². The summed E-state index contributed by atoms with van der Waals surface area (Å²) >= 11 is 5.91. The van der Waals surface area contributed by atoms with E-state index in [0.717, 1.165) is 67.6 Å². The quantitative estimate of drug-likeness (QED) is 0.548. The van der Waals surface area contributed by atoms with Crippen molar-refractivity contribution in [1.29, 1.82) is 0 Å². The Hall–Kier alpha value is -2.71. The SMILES string of the molecule is COc1cc(NC(=S)N(CCc2ccc(OC)c(OC)c2)C2CCN(C)CC2)cc(OC)c1. The summed E-state index contributed by atoms with van der Waals surface area (Å²) in [6.07, 6.45) is 2.99. The zero-order chi connectivity index (χ0) is 23.8. The van der Waals surface area contributed by atoms with Gasteiger partial charge in [0.15, 0.2) is 16.6 Å². The molecule has 1 aliphatic rings. The fraction of sp³-hybridized carbons (Fsp3) is 0.480. The maximum atomic E-state index is 5.91. The number of piperidine rings is 1. The molecule has 0 radical (unpaired) electrons. The molecule has 1 aliphatic heterocycles. The molecule has 3 rings (SSSR count). The third-order valence-electron chi connectivity index (χ3n) is 6.08. The van der Waals surface area contributed by atoms with Crippen molar-refractivity contribution in [3.63, 3.8) is 0 Å². The van der Waals surface area contributed by atoms with E-state index in [1.807, 2.05) is 30.3 Å². The van der Waals surface area contributed by atoms with E-state index in [0.29, 0.717) is 11.2 Å². The molecule has 1 saturated heterocycles. The summed E-state index contributed by atoms with van der Waals surface area (Å²) in [5.41, 5.74) is 2.02. The zero-order valence-electron chi connectivity index (χ0n) is 20.2. The predicted molar refractivity (Wildman–Crippen MR) is 136 cm³/mol. The highest BCUT2D eigenvalue weighted by molar-refractivity contribution is 7.80. The molecule has 0 amide bonds. The molecule has 0 aromatic heterocycles. The van der Waals surface area contributed by atoms with Crippen LogP contribution in [-0.4, -0.2) is 76.1 Å². The molecule has 33 heavy (non-hydrogen) atoms. The molecular weight excluding hydrogens is 438 g/mol. The van der Waals surface area contributed by atoms with E-state index in [4.69, 9.17) is 31.2 Å². The lowest BCUT2D eigenvalue weighted by atomic mass is 10.0. The number of hydrogen-bond donors (Lipinski definition) is 1. The van der Waals surface area contributed by atoms with Gasteiger partial charge < -0.3 is 34.1 Å². The molecule has 2 aromatic rings. The number of thiocarbonyl (C=S) groups is 1. The number of nitrogens with zero attached hydrogens (tertiary/aromatic N) is 2. The Kier molecular flexibility index (Phi) is 9.03. The second kappa shape index (κ2) is 12.0. The van der Waals surface area contributed by atoms with Gasteiger partial charge in [-0.2, -0.15) is 0 Å². The normalized spacial score (nSPS) is 14.5. The fourth-order valence-corrected chi connectivity index (χ4v) is 4.48. The van der Waals surface area contributed by atoms with Gasteiger partial charge in [0, 0.05) is 36.5 Å². The van der Waals surface area contributed by atoms with Crippen LogP contribution in [0.25, 0.3) is 0 Å². The summed E-state index contributed by atoms with van der Waals surface area (Å²) in [7, 11) is 8.77. The maximum absolute atomic E-state index is 5.91. The van der Waals surface area contributed by atoms with Gasteiger partial charge in [0.2, 0.25) is 0 Å². The van der Waals surface area contributed by atoms with Gasteiger partial charge in [-0.1, -0.05) is 6.07 Å². The summed E-state index contributed by atoms with van der Waals surface area (Å²) in [6, 6.07) is 12.2. The molecule has 180 valence electrons. The lowest BCUT2D eigenvalue weighted by Crippen LogP contribution is -2.48. The third kappa shape index (κ3) is 6.65. The summed E-state index contributed by atoms with van der Waals surface area (Å²) in [5.74, 6) is 2.91. The van der Waals surface area contributed by atoms with Crippen LogP contribution in [-0.2, 0) is 6.42 Å². The van der Waals surface area contributed by atoms with Gasteiger partial charge in [-0.15, -0.1) is 0 Å². The van der Waals surface area contributed by atoms with Crippen LogP contribution in [0.4, 0.5) is 5.69 Å². The van der Waals surface area contributed by atoms with Crippen LogP contribution in [0.5, 0.6) is 23.0 Å². The molecule has 1 N–H and O–H groups in total. The molecule has 7 nitrogen and oxygen atoms in total. The smallest absolute Gasteiger partial charge is 0.173 e. The molecule has 8 heteroatoms. The number of ether oxygens (including phenoxy) is 4. The molecule has 0 bridgehead atoms. The van der Waals surface area contributed by atoms with E-state index >= 15 is 0 Å². The summed E-state index contributed by atoms with van der Waals surface area (Å²) in [4.78, 5) is 4.69. The van der Waals surface area contributed by atoms with Gasteiger partial charge in [-0.3, -0.25) is 0 Å². The van der Waals surface area contributed by atoms with Crippen LogP contribution in [0.3, 0.4) is 0 Å². The first-order chi connectivity index (χ1) is 16.0. The van der Waals surface area contributed by atoms with Crippen molar-refractivity contribution in [2.45, 2.75) is 25.3 Å². The molecule has 0 aliphatic carbocycles. The van der Waals surface area contributed by atoms with Crippen LogP contribution >= 0.6 is 12.2 Å². The average Bonchev–Trinajstić information content (AvgIpc) is 2.84. The van der Waals surface area contributed by atoms with Crippen LogP contribution in [0.15, 0.2) is 36.4 Å². The number of hydrogen-bond acceptors (Lipinski definition) is 6. The van der Waals surface area contributed by atoms with E-state index in [1.165, 1.54) is 5.56 Å². The molecule has 1 fully saturated rings. The minimum absolute atomic E-state index is 0.383. The summed E-state index contributed by atoms with van der Waals surface area (Å²) in [5, 5.41) is 4.12. The predicted octanol–water partition coefficient (Wildman–Crippen LogP) is 4.06. The Morgan fingerprint density at radius 1 is 0.939 bits per heavy atom. The Balaban J connectivity index is 1.77. The number of likely N-dealkylation sites (tertiary alicyclic amines) is 1. The van der Waals surface area contributed by atoms with Crippen molar-refractivity contribution in [2.24, 2.45) is 0 Å². The monoisotopic (exact) mass is 473 g/mol. The molecular formula is C25H35N3O4S. The number of anilines is 1. The van der Waals surface area contributed by atoms with Gasteiger partial charge in [0.25, 0.3) is 0 Å². The van der Waals surface area contributed by atoms with Gasteiger partial charge >= 0.3 is 0 Å². The van der Waals surface area contributed by atoms with Gasteiger partial charge in [0.05, 0.1) is 28.4 Å². The number of methoxy groups -OCH3 is 4. The van der Waals surface area contributed by atoms with Crippen molar-refractivity contribution < 1.29 is 18.9 Å². The maximum Gasteiger partial charge on any atom is 0.173 e. The molecule has 0 spiro atoms. The lowest BCUT2D eigenvalue weighted by Gasteiger charge is -2.39. The summed E-state index contributed by atoms with van der Waals surface area (Å²) in [6.45, 7) is 2.93. The first kappa shape index (κ1) is 24.9. The van der Waals surface area contributed by atoms with Gasteiger partial charge in [-0.05, 0) is 69.3 Å². The first-order valence-electron chi connectivity index (χ1n) is 11.2. The average molecular weight is 474 g/mol.